The van der Waals surface area contributed by atoms with Gasteiger partial charge in [0, 0.05) is 0 Å². The summed E-state index contributed by atoms with van der Waals surface area (Å²) in [5.41, 5.74) is 1.93. The van der Waals surface area contributed by atoms with Crippen molar-refractivity contribution in [3.05, 3.63) is 35.1 Å². The number of carbonyl (C=O) groups is 1. The lowest BCUT2D eigenvalue weighted by Crippen LogP contribution is -1.85. The van der Waals surface area contributed by atoms with E-state index < -0.39 is 0 Å². The number of carbonyl (C=O) groups excluding carboxylic acids is 1. The van der Waals surface area contributed by atoms with Crippen LogP contribution in [-0.4, -0.2) is 5.78 Å². The molecule has 0 aliphatic heterocycles. The lowest BCUT2D eigenvalue weighted by atomic mass is 10.1. The molecular formula is C22H41FO. The fourth-order valence-corrected chi connectivity index (χ4v) is 1.50. The molecule has 1 aromatic carbocycles. The van der Waals surface area contributed by atoms with Crippen molar-refractivity contribution in [1.29, 1.82) is 0 Å². The molecule has 0 spiro atoms. The molecule has 0 atom stereocenters. The molecule has 0 saturated heterocycles. The molecule has 0 amide bonds. The quantitative estimate of drug-likeness (QED) is 0.560. The Morgan fingerprint density at radius 3 is 1.67 bits per heavy atom. The van der Waals surface area contributed by atoms with Crippen LogP contribution in [0.5, 0.6) is 0 Å². The van der Waals surface area contributed by atoms with Crippen LogP contribution in [-0.2, 0) is 11.2 Å². The number of ketones is 1. The molecule has 2 heteroatoms. The third-order valence-electron chi connectivity index (χ3n) is 2.50. The van der Waals surface area contributed by atoms with E-state index in [0.29, 0.717) is 0 Å². The van der Waals surface area contributed by atoms with Crippen LogP contribution in [0.2, 0.25) is 0 Å². The van der Waals surface area contributed by atoms with Crippen LogP contribution in [0.15, 0.2) is 18.2 Å². The van der Waals surface area contributed by atoms with Gasteiger partial charge in [-0.25, -0.2) is 4.39 Å². The molecule has 0 heterocycles. The first-order valence-electron chi connectivity index (χ1n) is 9.19. The molecule has 24 heavy (non-hydrogen) atoms. The molecule has 0 aliphatic rings. The minimum absolute atomic E-state index is 0.114. The fourth-order valence-electron chi connectivity index (χ4n) is 1.50. The van der Waals surface area contributed by atoms with E-state index in [1.165, 1.54) is 38.3 Å². The summed E-state index contributed by atoms with van der Waals surface area (Å²) < 4.78 is 12.6. The molecule has 0 fully saturated rings. The molecule has 1 nitrogen and oxygen atoms in total. The summed E-state index contributed by atoms with van der Waals surface area (Å²) >= 11 is 0. The van der Waals surface area contributed by atoms with Crippen LogP contribution in [0.1, 0.15) is 86.3 Å². The second kappa shape index (κ2) is 18.2. The van der Waals surface area contributed by atoms with Gasteiger partial charge in [0.15, 0.2) is 0 Å². The standard InChI is InChI=1S/C9H11F.C6H14.C4H10.C3H6O/c1-3-8-4-5-9(10)7(2)6-8;1-4-5-6(2)3;1-4(2)3;1-3(2)4/h4-6H,3H2,1-2H3;6H,4-5H2,1-3H3;4H,1-3H3;1-2H3. The van der Waals surface area contributed by atoms with Crippen LogP contribution < -0.4 is 0 Å². The lowest BCUT2D eigenvalue weighted by Gasteiger charge is -1.98. The topological polar surface area (TPSA) is 17.1 Å². The third-order valence-corrected chi connectivity index (χ3v) is 2.50. The number of halogens is 1. The normalized spacial score (nSPS) is 9.21. The largest absolute Gasteiger partial charge is 0.300 e. The highest BCUT2D eigenvalue weighted by molar-refractivity contribution is 5.72. The van der Waals surface area contributed by atoms with E-state index in [4.69, 9.17) is 0 Å². The molecule has 0 radical (unpaired) electrons. The number of hydrogen-bond donors (Lipinski definition) is 0. The van der Waals surface area contributed by atoms with Crippen molar-refractivity contribution >= 4 is 5.78 Å². The van der Waals surface area contributed by atoms with Crippen LogP contribution in [0, 0.1) is 24.6 Å². The molecule has 0 N–H and O–H groups in total. The number of rotatable bonds is 3. The lowest BCUT2D eigenvalue weighted by molar-refractivity contribution is -0.114. The molecule has 1 rings (SSSR count). The Morgan fingerprint density at radius 1 is 1.04 bits per heavy atom. The summed E-state index contributed by atoms with van der Waals surface area (Å²) in [5.74, 6) is 1.78. The number of benzene rings is 1. The van der Waals surface area contributed by atoms with Crippen molar-refractivity contribution in [2.75, 3.05) is 0 Å². The first-order valence-corrected chi connectivity index (χ1v) is 9.19. The van der Waals surface area contributed by atoms with Crippen molar-refractivity contribution in [2.45, 2.75) is 88.5 Å². The maximum Gasteiger partial charge on any atom is 0.126 e. The highest BCUT2D eigenvalue weighted by Crippen LogP contribution is 2.08. The van der Waals surface area contributed by atoms with Gasteiger partial charge in [-0.1, -0.05) is 73.4 Å². The van der Waals surface area contributed by atoms with Gasteiger partial charge in [-0.15, -0.1) is 0 Å². The van der Waals surface area contributed by atoms with E-state index in [1.807, 2.05) is 12.1 Å². The van der Waals surface area contributed by atoms with Gasteiger partial charge >= 0.3 is 0 Å². The minimum atomic E-state index is -0.114. The van der Waals surface area contributed by atoms with Crippen molar-refractivity contribution in [3.63, 3.8) is 0 Å². The Bertz CT molecular complexity index is 402. The molecule has 0 bridgehead atoms. The second-order valence-electron chi connectivity index (χ2n) is 7.26. The zero-order chi connectivity index (χ0) is 19.7. The average molecular weight is 341 g/mol. The maximum atomic E-state index is 12.6. The van der Waals surface area contributed by atoms with Gasteiger partial charge in [0.2, 0.25) is 0 Å². The molecular weight excluding hydrogens is 299 g/mol. The predicted octanol–water partition coefficient (Wildman–Crippen LogP) is 7.40. The monoisotopic (exact) mass is 340 g/mol. The molecule has 0 aromatic heterocycles. The SMILES string of the molecule is CC(C)=O.CC(C)C.CCCC(C)C.CCc1ccc(F)c(C)c1. The van der Waals surface area contributed by atoms with Crippen LogP contribution in [0.25, 0.3) is 0 Å². The Labute approximate surface area is 151 Å². The highest BCUT2D eigenvalue weighted by atomic mass is 19.1. The van der Waals surface area contributed by atoms with Crippen LogP contribution >= 0.6 is 0 Å². The van der Waals surface area contributed by atoms with Crippen molar-refractivity contribution < 1.29 is 9.18 Å². The van der Waals surface area contributed by atoms with Gasteiger partial charge in [0.1, 0.15) is 11.6 Å². The fraction of sp³-hybridized carbons (Fsp3) is 0.682. The molecule has 0 unspecified atom stereocenters. The Hall–Kier alpha value is -1.18. The summed E-state index contributed by atoms with van der Waals surface area (Å²) in [6, 6.07) is 5.23. The maximum absolute atomic E-state index is 12.6. The van der Waals surface area contributed by atoms with Gasteiger partial charge in [-0.3, -0.25) is 0 Å². The second-order valence-corrected chi connectivity index (χ2v) is 7.26. The summed E-state index contributed by atoms with van der Waals surface area (Å²) in [4.78, 5) is 9.44. The van der Waals surface area contributed by atoms with Gasteiger partial charge in [0.05, 0.1) is 0 Å². The summed E-state index contributed by atoms with van der Waals surface area (Å²) in [6.07, 6.45) is 3.68. The molecule has 142 valence electrons. The highest BCUT2D eigenvalue weighted by Gasteiger charge is 1.95. The van der Waals surface area contributed by atoms with E-state index in [-0.39, 0.29) is 11.6 Å². The van der Waals surface area contributed by atoms with E-state index in [0.717, 1.165) is 23.8 Å². The van der Waals surface area contributed by atoms with Gasteiger partial charge in [-0.05, 0) is 56.2 Å². The van der Waals surface area contributed by atoms with Crippen molar-refractivity contribution in [3.8, 4) is 0 Å². The van der Waals surface area contributed by atoms with E-state index >= 15 is 0 Å². The van der Waals surface area contributed by atoms with Crippen LogP contribution in [0.3, 0.4) is 0 Å². The van der Waals surface area contributed by atoms with Crippen LogP contribution in [0.4, 0.5) is 4.39 Å². The summed E-state index contributed by atoms with van der Waals surface area (Å²) in [7, 11) is 0. The Balaban J connectivity index is -0.000000271. The predicted molar refractivity (Wildman–Crippen MR) is 107 cm³/mol. The first kappa shape index (κ1) is 27.7. The number of hydrogen-bond acceptors (Lipinski definition) is 1. The first-order chi connectivity index (χ1) is 11.0. The van der Waals surface area contributed by atoms with Crippen molar-refractivity contribution in [2.24, 2.45) is 11.8 Å². The number of Topliss-reactive ketones (excluding diaryl/α,β-unsaturated/α-hetero) is 1. The van der Waals surface area contributed by atoms with Gasteiger partial charge in [0.25, 0.3) is 0 Å². The minimum Gasteiger partial charge on any atom is -0.300 e. The van der Waals surface area contributed by atoms with Gasteiger partial charge < -0.3 is 4.79 Å². The number of aryl methyl sites for hydroxylation is 2. The molecule has 0 saturated carbocycles. The summed E-state index contributed by atoms with van der Waals surface area (Å²) in [5, 5.41) is 0. The van der Waals surface area contributed by atoms with E-state index in [1.54, 1.807) is 6.92 Å². The zero-order valence-corrected chi connectivity index (χ0v) is 17.8. The van der Waals surface area contributed by atoms with E-state index in [2.05, 4.69) is 48.5 Å². The van der Waals surface area contributed by atoms with Crippen molar-refractivity contribution in [1.82, 2.24) is 0 Å². The zero-order valence-electron chi connectivity index (χ0n) is 17.8. The molecule has 0 aliphatic carbocycles. The smallest absolute Gasteiger partial charge is 0.126 e. The average Bonchev–Trinajstić information content (AvgIpc) is 2.41. The van der Waals surface area contributed by atoms with E-state index in [9.17, 15) is 9.18 Å². The summed E-state index contributed by atoms with van der Waals surface area (Å²) in [6.45, 7) is 20.1. The Kier molecular flexibility index (Phi) is 20.9. The van der Waals surface area contributed by atoms with Gasteiger partial charge in [-0.2, -0.15) is 0 Å². The third kappa shape index (κ3) is 28.9. The Morgan fingerprint density at radius 2 is 1.46 bits per heavy atom. The molecule has 1 aromatic rings.